The third-order valence-electron chi connectivity index (χ3n) is 1.63. The molecule has 0 amide bonds. The van der Waals surface area contributed by atoms with Crippen LogP contribution in [0.25, 0.3) is 0 Å². The van der Waals surface area contributed by atoms with E-state index in [9.17, 15) is 0 Å². The largest absolute Gasteiger partial charge is 0.336 e. The van der Waals surface area contributed by atoms with Crippen LogP contribution in [0.4, 0.5) is 0 Å². The molecule has 82 valence electrons. The highest BCUT2D eigenvalue weighted by atomic mass is 31.1. The molecule has 0 aromatic rings. The molecule has 0 heterocycles. The fourth-order valence-corrected chi connectivity index (χ4v) is 1.39. The van der Waals surface area contributed by atoms with Crippen molar-refractivity contribution in [1.82, 2.24) is 0 Å². The van der Waals surface area contributed by atoms with Crippen LogP contribution in [0.2, 0.25) is 0 Å². The Morgan fingerprint density at radius 2 is 1.79 bits per heavy atom. The Kier molecular flexibility index (Phi) is 12.6. The number of hydrogen-bond donors (Lipinski definition) is 1. The van der Waals surface area contributed by atoms with E-state index >= 15 is 0 Å². The average molecular weight is 218 g/mol. The van der Waals surface area contributed by atoms with Crippen molar-refractivity contribution in [1.29, 1.82) is 5.26 Å². The number of nitrogens with two attached hydrogens (primary N) is 1. The monoisotopic (exact) mass is 218 g/mol. The first-order chi connectivity index (χ1) is 6.91. The molecule has 0 spiro atoms. The van der Waals surface area contributed by atoms with Crippen LogP contribution in [0.3, 0.4) is 0 Å². The van der Waals surface area contributed by atoms with Crippen LogP contribution < -0.4 is 5.73 Å². The zero-order valence-corrected chi connectivity index (χ0v) is 9.50. The van der Waals surface area contributed by atoms with E-state index in [-0.39, 0.29) is 9.03 Å². The zero-order chi connectivity index (χ0) is 10.5. The number of nitrogens with zero attached hydrogens (tertiary/aromatic N) is 1. The van der Waals surface area contributed by atoms with Gasteiger partial charge in [0, 0.05) is 0 Å². The molecule has 0 rings (SSSR count). The van der Waals surface area contributed by atoms with E-state index in [0.717, 1.165) is 26.0 Å². The van der Waals surface area contributed by atoms with Crippen LogP contribution in [-0.2, 0) is 9.05 Å². The van der Waals surface area contributed by atoms with Crippen LogP contribution in [0.1, 0.15) is 32.1 Å². The summed E-state index contributed by atoms with van der Waals surface area (Å²) in [5.41, 5.74) is 5.36. The average Bonchev–Trinajstić information content (AvgIpc) is 2.21. The molecule has 1 unspecified atom stereocenters. The molecule has 14 heavy (non-hydrogen) atoms. The van der Waals surface area contributed by atoms with Crippen molar-refractivity contribution >= 4 is 9.03 Å². The molecule has 0 radical (unpaired) electrons. The normalized spacial score (nSPS) is 10.9. The number of unbranched alkanes of at least 4 members (excludes halogenated alkanes) is 3. The van der Waals surface area contributed by atoms with Crippen LogP contribution >= 0.6 is 9.03 Å². The van der Waals surface area contributed by atoms with Crippen molar-refractivity contribution in [3.8, 4) is 6.07 Å². The molecule has 4 nitrogen and oxygen atoms in total. The summed E-state index contributed by atoms with van der Waals surface area (Å²) in [4.78, 5) is 0. The maximum Gasteiger partial charge on any atom is 0.155 e. The van der Waals surface area contributed by atoms with Crippen molar-refractivity contribution in [3.63, 3.8) is 0 Å². The molecule has 5 heteroatoms. The summed E-state index contributed by atoms with van der Waals surface area (Å²) in [6, 6.07) is 2.00. The van der Waals surface area contributed by atoms with E-state index in [1.807, 2.05) is 6.07 Å². The Morgan fingerprint density at radius 3 is 2.50 bits per heavy atom. The van der Waals surface area contributed by atoms with Crippen LogP contribution in [0, 0.1) is 11.3 Å². The van der Waals surface area contributed by atoms with Gasteiger partial charge in [-0.3, -0.25) is 0 Å². The molecule has 0 aliphatic carbocycles. The highest BCUT2D eigenvalue weighted by Crippen LogP contribution is 2.14. The number of nitriles is 1. The van der Waals surface area contributed by atoms with Crippen molar-refractivity contribution in [2.24, 2.45) is 5.73 Å². The van der Waals surface area contributed by atoms with Gasteiger partial charge in [0.1, 0.15) is 0 Å². The predicted molar refractivity (Wildman–Crippen MR) is 58.0 cm³/mol. The molecular formula is C9H19N2O2P. The van der Waals surface area contributed by atoms with E-state index in [0.29, 0.717) is 13.0 Å². The molecule has 2 N–H and O–H groups in total. The maximum atomic E-state index is 8.21. The van der Waals surface area contributed by atoms with Gasteiger partial charge in [0.25, 0.3) is 0 Å². The highest BCUT2D eigenvalue weighted by Gasteiger charge is 1.91. The lowest BCUT2D eigenvalue weighted by molar-refractivity contribution is 0.265. The lowest BCUT2D eigenvalue weighted by Gasteiger charge is -2.02. The number of hydrogen-bond acceptors (Lipinski definition) is 4. The Balaban J connectivity index is 2.82. The Morgan fingerprint density at radius 1 is 1.07 bits per heavy atom. The molecule has 1 atom stereocenters. The van der Waals surface area contributed by atoms with Gasteiger partial charge in [-0.15, -0.1) is 0 Å². The van der Waals surface area contributed by atoms with Gasteiger partial charge in [-0.05, 0) is 19.4 Å². The fraction of sp³-hybridized carbons (Fsp3) is 0.889. The van der Waals surface area contributed by atoms with Gasteiger partial charge in [0.2, 0.25) is 0 Å². The minimum Gasteiger partial charge on any atom is -0.336 e. The van der Waals surface area contributed by atoms with Crippen molar-refractivity contribution in [3.05, 3.63) is 0 Å². The Bertz CT molecular complexity index is 150. The second kappa shape index (κ2) is 12.8. The van der Waals surface area contributed by atoms with Crippen LogP contribution in [0.5, 0.6) is 0 Å². The molecule has 0 saturated heterocycles. The van der Waals surface area contributed by atoms with Gasteiger partial charge in [-0.2, -0.15) is 5.26 Å². The van der Waals surface area contributed by atoms with Gasteiger partial charge < -0.3 is 14.8 Å². The minimum absolute atomic E-state index is 0.0785. The van der Waals surface area contributed by atoms with E-state index in [4.69, 9.17) is 20.0 Å². The summed E-state index contributed by atoms with van der Waals surface area (Å²) < 4.78 is 10.3. The smallest absolute Gasteiger partial charge is 0.155 e. The molecule has 0 aromatic heterocycles. The third-order valence-corrected chi connectivity index (χ3v) is 2.28. The quantitative estimate of drug-likeness (QED) is 0.449. The SMILES string of the molecule is N#CCCOPOCCCCCCN. The van der Waals surface area contributed by atoms with E-state index in [1.54, 1.807) is 0 Å². The molecule has 0 aliphatic rings. The van der Waals surface area contributed by atoms with Gasteiger partial charge >= 0.3 is 0 Å². The molecular weight excluding hydrogens is 199 g/mol. The minimum atomic E-state index is 0.0785. The summed E-state index contributed by atoms with van der Waals surface area (Å²) in [5.74, 6) is 0. The van der Waals surface area contributed by atoms with Gasteiger partial charge in [0.05, 0.1) is 25.7 Å². The Labute approximate surface area is 87.7 Å². The van der Waals surface area contributed by atoms with E-state index < -0.39 is 0 Å². The Hall–Kier alpha value is -0.200. The van der Waals surface area contributed by atoms with E-state index in [2.05, 4.69) is 0 Å². The lowest BCUT2D eigenvalue weighted by Crippen LogP contribution is -1.98. The number of rotatable bonds is 10. The second-order valence-corrected chi connectivity index (χ2v) is 3.64. The van der Waals surface area contributed by atoms with Gasteiger partial charge in [-0.25, -0.2) is 0 Å². The van der Waals surface area contributed by atoms with Crippen LogP contribution in [0.15, 0.2) is 0 Å². The van der Waals surface area contributed by atoms with Crippen LogP contribution in [-0.4, -0.2) is 19.8 Å². The maximum absolute atomic E-state index is 8.21. The standard InChI is InChI=1S/C9H19N2O2P/c10-6-3-1-2-4-8-12-14-13-9-5-7-11/h14H,1-6,8-10H2. The van der Waals surface area contributed by atoms with Crippen molar-refractivity contribution < 1.29 is 9.05 Å². The summed E-state index contributed by atoms with van der Waals surface area (Å²) in [5, 5.41) is 8.21. The van der Waals surface area contributed by atoms with Crippen molar-refractivity contribution in [2.45, 2.75) is 32.1 Å². The summed E-state index contributed by atoms with van der Waals surface area (Å²) >= 11 is 0. The second-order valence-electron chi connectivity index (χ2n) is 2.89. The molecule has 0 aromatic carbocycles. The summed E-state index contributed by atoms with van der Waals surface area (Å²) in [6.07, 6.45) is 4.95. The lowest BCUT2D eigenvalue weighted by atomic mass is 10.2. The first-order valence-corrected chi connectivity index (χ1v) is 5.79. The summed E-state index contributed by atoms with van der Waals surface area (Å²) in [6.45, 7) is 2.00. The highest BCUT2D eigenvalue weighted by molar-refractivity contribution is 7.26. The topological polar surface area (TPSA) is 68.3 Å². The molecule has 0 fully saturated rings. The summed E-state index contributed by atoms with van der Waals surface area (Å²) in [7, 11) is 0.0785. The molecule has 0 saturated carbocycles. The molecule has 0 aliphatic heterocycles. The van der Waals surface area contributed by atoms with E-state index in [1.165, 1.54) is 12.8 Å². The first-order valence-electron chi connectivity index (χ1n) is 4.97. The zero-order valence-electron chi connectivity index (χ0n) is 8.50. The molecule has 0 bridgehead atoms. The van der Waals surface area contributed by atoms with Crippen molar-refractivity contribution in [2.75, 3.05) is 19.8 Å². The predicted octanol–water partition coefficient (Wildman–Crippen LogP) is 1.96. The van der Waals surface area contributed by atoms with Gasteiger partial charge in [-0.1, -0.05) is 12.8 Å². The fourth-order valence-electron chi connectivity index (χ4n) is 0.894. The van der Waals surface area contributed by atoms with Gasteiger partial charge in [0.15, 0.2) is 9.03 Å². The third kappa shape index (κ3) is 11.8. The first kappa shape index (κ1) is 13.8.